The highest BCUT2D eigenvalue weighted by molar-refractivity contribution is 7.89. The Morgan fingerprint density at radius 1 is 1.05 bits per heavy atom. The van der Waals surface area contributed by atoms with Crippen molar-refractivity contribution in [1.29, 1.82) is 0 Å². The Morgan fingerprint density at radius 3 is 2.41 bits per heavy atom. The summed E-state index contributed by atoms with van der Waals surface area (Å²) in [6.07, 6.45) is 3.30. The summed E-state index contributed by atoms with van der Waals surface area (Å²) in [6, 6.07) is 11.5. The molecule has 220 valence electrons. The molecule has 1 aliphatic heterocycles. The van der Waals surface area contributed by atoms with Crippen molar-refractivity contribution < 1.29 is 27.5 Å². The number of carbonyl (C=O) groups is 3. The molecule has 0 atom stereocenters. The van der Waals surface area contributed by atoms with E-state index in [2.05, 4.69) is 10.3 Å². The molecular formula is C30H38N4O6S. The molecule has 1 amide bonds. The topological polar surface area (TPSA) is 128 Å². The number of nitrogens with one attached hydrogen (secondary N) is 1. The highest BCUT2D eigenvalue weighted by Crippen LogP contribution is 2.26. The van der Waals surface area contributed by atoms with E-state index in [1.54, 1.807) is 42.5 Å². The number of hydrogen-bond donors (Lipinski definition) is 1. The normalized spacial score (nSPS) is 14.0. The van der Waals surface area contributed by atoms with Gasteiger partial charge >= 0.3 is 5.97 Å². The zero-order valence-corrected chi connectivity index (χ0v) is 24.7. The van der Waals surface area contributed by atoms with Crippen LogP contribution >= 0.6 is 0 Å². The molecule has 1 N–H and O–H groups in total. The number of imidazole rings is 1. The standard InChI is InChI=1S/C30H38N4O6S/c1-4-15-34-26-12-11-24(41(38,39)33-16-5-6-17-33)19-25(26)32-28(34)13-14-30(37)40-20-27(35)22-7-9-23(10-8-22)31-29(36)18-21(2)3/h7-12,19,21H,4-6,13-18,20H2,1-3H3,(H,31,36). The number of sulfonamides is 1. The van der Waals surface area contributed by atoms with E-state index in [0.717, 1.165) is 24.8 Å². The van der Waals surface area contributed by atoms with E-state index in [-0.39, 0.29) is 35.5 Å². The number of rotatable bonds is 13. The van der Waals surface area contributed by atoms with E-state index in [0.29, 0.717) is 55.1 Å². The monoisotopic (exact) mass is 582 g/mol. The third kappa shape index (κ3) is 7.59. The molecule has 0 unspecified atom stereocenters. The van der Waals surface area contributed by atoms with Gasteiger partial charge < -0.3 is 14.6 Å². The SMILES string of the molecule is CCCn1c(CCC(=O)OCC(=O)c2ccc(NC(=O)CC(C)C)cc2)nc2cc(S(=O)(=O)N3CCCC3)ccc21. The molecule has 1 saturated heterocycles. The maximum Gasteiger partial charge on any atom is 0.306 e. The fourth-order valence-electron chi connectivity index (χ4n) is 4.90. The third-order valence-electron chi connectivity index (χ3n) is 6.95. The van der Waals surface area contributed by atoms with Gasteiger partial charge in [0, 0.05) is 43.7 Å². The Morgan fingerprint density at radius 2 is 1.76 bits per heavy atom. The van der Waals surface area contributed by atoms with Crippen molar-refractivity contribution >= 4 is 44.4 Å². The predicted molar refractivity (Wildman–Crippen MR) is 156 cm³/mol. The summed E-state index contributed by atoms with van der Waals surface area (Å²) in [5, 5.41) is 2.79. The first-order valence-corrected chi connectivity index (χ1v) is 15.6. The maximum atomic E-state index is 13.0. The van der Waals surface area contributed by atoms with Crippen molar-refractivity contribution in [3.63, 3.8) is 0 Å². The number of anilines is 1. The van der Waals surface area contributed by atoms with Crippen LogP contribution in [0, 0.1) is 5.92 Å². The molecule has 0 spiro atoms. The van der Waals surface area contributed by atoms with Crippen molar-refractivity contribution in [2.75, 3.05) is 25.0 Å². The van der Waals surface area contributed by atoms with Gasteiger partial charge in [0.25, 0.3) is 0 Å². The van der Waals surface area contributed by atoms with E-state index in [1.165, 1.54) is 4.31 Å². The van der Waals surface area contributed by atoms with E-state index in [9.17, 15) is 22.8 Å². The summed E-state index contributed by atoms with van der Waals surface area (Å²) in [5.74, 6) is -0.0525. The van der Waals surface area contributed by atoms with E-state index >= 15 is 0 Å². The number of hydrogen-bond acceptors (Lipinski definition) is 7. The average molecular weight is 583 g/mol. The van der Waals surface area contributed by atoms with Crippen molar-refractivity contribution in [1.82, 2.24) is 13.9 Å². The van der Waals surface area contributed by atoms with Gasteiger partial charge in [-0.2, -0.15) is 4.31 Å². The van der Waals surface area contributed by atoms with Gasteiger partial charge in [0.2, 0.25) is 15.9 Å². The first-order chi connectivity index (χ1) is 19.6. The second kappa shape index (κ2) is 13.4. The molecule has 1 fully saturated rings. The van der Waals surface area contributed by atoms with E-state index in [1.807, 2.05) is 25.3 Å². The highest BCUT2D eigenvalue weighted by Gasteiger charge is 2.28. The number of carbonyl (C=O) groups excluding carboxylic acids is 3. The van der Waals surface area contributed by atoms with Crippen molar-refractivity contribution in [3.8, 4) is 0 Å². The summed E-state index contributed by atoms with van der Waals surface area (Å²) >= 11 is 0. The molecule has 4 rings (SSSR count). The summed E-state index contributed by atoms with van der Waals surface area (Å²) in [4.78, 5) is 41.8. The van der Waals surface area contributed by atoms with Gasteiger partial charge in [0.15, 0.2) is 12.4 Å². The molecular weight excluding hydrogens is 544 g/mol. The second-order valence-corrected chi connectivity index (χ2v) is 12.7. The lowest BCUT2D eigenvalue weighted by atomic mass is 10.1. The Bertz CT molecular complexity index is 1510. The van der Waals surface area contributed by atoms with Gasteiger partial charge in [-0.3, -0.25) is 14.4 Å². The fourth-order valence-corrected chi connectivity index (χ4v) is 6.44. The van der Waals surface area contributed by atoms with E-state index < -0.39 is 16.0 Å². The predicted octanol–water partition coefficient (Wildman–Crippen LogP) is 4.57. The molecule has 2 heterocycles. The molecule has 41 heavy (non-hydrogen) atoms. The smallest absolute Gasteiger partial charge is 0.306 e. The van der Waals surface area contributed by atoms with Gasteiger partial charge in [0.05, 0.1) is 22.3 Å². The number of nitrogens with zero attached hydrogens (tertiary/aromatic N) is 3. The lowest BCUT2D eigenvalue weighted by Crippen LogP contribution is -2.27. The number of fused-ring (bicyclic) bond motifs is 1. The first-order valence-electron chi connectivity index (χ1n) is 14.2. The van der Waals surface area contributed by atoms with E-state index in [4.69, 9.17) is 4.74 Å². The van der Waals surface area contributed by atoms with Crippen LogP contribution in [0.15, 0.2) is 47.4 Å². The molecule has 1 aromatic heterocycles. The third-order valence-corrected chi connectivity index (χ3v) is 8.84. The van der Waals surface area contributed by atoms with Crippen LogP contribution in [0.5, 0.6) is 0 Å². The summed E-state index contributed by atoms with van der Waals surface area (Å²) < 4.78 is 34.8. The number of ketones is 1. The zero-order valence-electron chi connectivity index (χ0n) is 23.9. The number of amides is 1. The van der Waals surface area contributed by atoms with Crippen LogP contribution in [0.25, 0.3) is 11.0 Å². The minimum Gasteiger partial charge on any atom is -0.457 e. The molecule has 11 heteroatoms. The molecule has 10 nitrogen and oxygen atoms in total. The van der Waals surface area contributed by atoms with Gasteiger partial charge in [-0.05, 0) is 67.6 Å². The van der Waals surface area contributed by atoms with Crippen LogP contribution in [0.2, 0.25) is 0 Å². The van der Waals surface area contributed by atoms with Gasteiger partial charge in [0.1, 0.15) is 5.82 Å². The number of esters is 1. The first kappa shape index (κ1) is 30.4. The Kier molecular flexibility index (Phi) is 9.93. The number of Topliss-reactive ketones (excluding diaryl/α,β-unsaturated/α-hetero) is 1. The molecule has 0 aliphatic carbocycles. The second-order valence-electron chi connectivity index (χ2n) is 10.7. The molecule has 1 aliphatic rings. The maximum absolute atomic E-state index is 13.0. The molecule has 2 aromatic carbocycles. The summed E-state index contributed by atoms with van der Waals surface area (Å²) in [7, 11) is -3.56. The molecule has 0 radical (unpaired) electrons. The molecule has 3 aromatic rings. The van der Waals surface area contributed by atoms with Crippen LogP contribution < -0.4 is 5.32 Å². The van der Waals surface area contributed by atoms with Crippen LogP contribution in [0.3, 0.4) is 0 Å². The fraction of sp³-hybridized carbons (Fsp3) is 0.467. The lowest BCUT2D eigenvalue weighted by molar-refractivity contribution is -0.142. The molecule has 0 saturated carbocycles. The van der Waals surface area contributed by atoms with Crippen molar-refractivity contribution in [3.05, 3.63) is 53.9 Å². The zero-order chi connectivity index (χ0) is 29.6. The number of benzene rings is 2. The average Bonchev–Trinajstić information content (AvgIpc) is 3.60. The Hall–Kier alpha value is -3.57. The van der Waals surface area contributed by atoms with Crippen LogP contribution in [-0.2, 0) is 37.3 Å². The highest BCUT2D eigenvalue weighted by atomic mass is 32.2. The summed E-state index contributed by atoms with van der Waals surface area (Å²) in [5.41, 5.74) is 2.36. The number of ether oxygens (including phenoxy) is 1. The quantitative estimate of drug-likeness (QED) is 0.231. The minimum atomic E-state index is -3.56. The largest absolute Gasteiger partial charge is 0.457 e. The minimum absolute atomic E-state index is 0.0278. The van der Waals surface area contributed by atoms with Gasteiger partial charge in [-0.1, -0.05) is 20.8 Å². The molecule has 0 bridgehead atoms. The van der Waals surface area contributed by atoms with Crippen molar-refractivity contribution in [2.45, 2.75) is 70.7 Å². The Balaban J connectivity index is 1.35. The number of aryl methyl sites for hydroxylation is 2. The lowest BCUT2D eigenvalue weighted by Gasteiger charge is -2.15. The van der Waals surface area contributed by atoms with Crippen LogP contribution in [-0.4, -0.2) is 59.6 Å². The van der Waals surface area contributed by atoms with Gasteiger partial charge in [-0.25, -0.2) is 13.4 Å². The van der Waals surface area contributed by atoms with Crippen LogP contribution in [0.4, 0.5) is 5.69 Å². The summed E-state index contributed by atoms with van der Waals surface area (Å²) in [6.45, 7) is 7.31. The van der Waals surface area contributed by atoms with Crippen molar-refractivity contribution in [2.24, 2.45) is 5.92 Å². The van der Waals surface area contributed by atoms with Crippen LogP contribution in [0.1, 0.15) is 69.1 Å². The van der Waals surface area contributed by atoms with Gasteiger partial charge in [-0.15, -0.1) is 0 Å². The Labute approximate surface area is 241 Å². The number of aromatic nitrogens is 2.